The van der Waals surface area contributed by atoms with Gasteiger partial charge in [0.2, 0.25) is 0 Å². The van der Waals surface area contributed by atoms with E-state index in [1.165, 1.54) is 24.3 Å². The van der Waals surface area contributed by atoms with E-state index in [1.807, 2.05) is 22.6 Å². The predicted octanol–water partition coefficient (Wildman–Crippen LogP) is 4.52. The fourth-order valence-electron chi connectivity index (χ4n) is 2.14. The fraction of sp³-hybridized carbons (Fsp3) is 0.0625. The van der Waals surface area contributed by atoms with Crippen LogP contribution in [-0.4, -0.2) is 22.5 Å². The molecule has 7 nitrogen and oxygen atoms in total. The molecule has 0 atom stereocenters. The molecule has 0 amide bonds. The number of nitro benzene ring substituents is 1. The topological polar surface area (TPSA) is 105 Å². The van der Waals surface area contributed by atoms with Gasteiger partial charge in [-0.25, -0.2) is 13.6 Å². The van der Waals surface area contributed by atoms with Gasteiger partial charge in [0.25, 0.3) is 5.69 Å². The first-order valence-corrected chi connectivity index (χ1v) is 8.15. The third-order valence-electron chi connectivity index (χ3n) is 3.29. The van der Waals surface area contributed by atoms with Crippen molar-refractivity contribution in [1.29, 1.82) is 0 Å². The van der Waals surface area contributed by atoms with E-state index in [4.69, 9.17) is 0 Å². The third-order valence-corrected chi connectivity index (χ3v) is 3.96. The molecule has 0 bridgehead atoms. The lowest BCUT2D eigenvalue weighted by Crippen LogP contribution is -2.12. The number of carboxylic acid groups (broad SMARTS) is 1. The van der Waals surface area contributed by atoms with Crippen LogP contribution in [-0.2, 0) is 0 Å². The van der Waals surface area contributed by atoms with Crippen LogP contribution in [0.3, 0.4) is 0 Å². The molecule has 0 aromatic heterocycles. The molecule has 0 spiro atoms. The number of nitro groups is 1. The van der Waals surface area contributed by atoms with Gasteiger partial charge in [0.15, 0.2) is 11.5 Å². The Balaban J connectivity index is 2.67. The van der Waals surface area contributed by atoms with Gasteiger partial charge < -0.3 is 15.7 Å². The van der Waals surface area contributed by atoms with Gasteiger partial charge in [-0.2, -0.15) is 0 Å². The standard InChI is InChI=1S/C16H12F2IN3O4/c1-2-5-20-15-12(22(25)26)7-9(16(23)24)14(13(15)18)21-11-4-3-8(19)6-10(11)17/h2-4,6-7,20-21H,1,5H2,(H,23,24). The van der Waals surface area contributed by atoms with Crippen molar-refractivity contribution in [2.75, 3.05) is 17.2 Å². The number of benzene rings is 2. The highest BCUT2D eigenvalue weighted by Crippen LogP contribution is 2.37. The maximum Gasteiger partial charge on any atom is 0.338 e. The van der Waals surface area contributed by atoms with Crippen LogP contribution in [0.4, 0.5) is 31.5 Å². The highest BCUT2D eigenvalue weighted by atomic mass is 127. The van der Waals surface area contributed by atoms with Gasteiger partial charge in [0.1, 0.15) is 5.82 Å². The van der Waals surface area contributed by atoms with E-state index in [2.05, 4.69) is 17.2 Å². The Morgan fingerprint density at radius 3 is 2.58 bits per heavy atom. The summed E-state index contributed by atoms with van der Waals surface area (Å²) in [5, 5.41) is 25.3. The second-order valence-corrected chi connectivity index (χ2v) is 6.23. The second-order valence-electron chi connectivity index (χ2n) is 4.99. The molecular formula is C16H12F2IN3O4. The first kappa shape index (κ1) is 19.6. The van der Waals surface area contributed by atoms with Gasteiger partial charge in [-0.05, 0) is 40.8 Å². The minimum atomic E-state index is -1.60. The van der Waals surface area contributed by atoms with E-state index < -0.39 is 45.2 Å². The van der Waals surface area contributed by atoms with Crippen molar-refractivity contribution < 1.29 is 23.6 Å². The van der Waals surface area contributed by atoms with Gasteiger partial charge in [-0.15, -0.1) is 6.58 Å². The average Bonchev–Trinajstić information content (AvgIpc) is 2.56. The van der Waals surface area contributed by atoms with Gasteiger partial charge >= 0.3 is 5.97 Å². The van der Waals surface area contributed by atoms with E-state index in [0.717, 1.165) is 0 Å². The smallest absolute Gasteiger partial charge is 0.338 e. The Bertz CT molecular complexity index is 906. The minimum Gasteiger partial charge on any atom is -0.478 e. The Morgan fingerprint density at radius 1 is 1.35 bits per heavy atom. The predicted molar refractivity (Wildman–Crippen MR) is 101 cm³/mol. The molecule has 2 aromatic carbocycles. The molecule has 10 heteroatoms. The van der Waals surface area contributed by atoms with Crippen molar-refractivity contribution >= 4 is 51.3 Å². The second kappa shape index (κ2) is 8.08. The summed E-state index contributed by atoms with van der Waals surface area (Å²) in [7, 11) is 0. The molecule has 2 rings (SSSR count). The lowest BCUT2D eigenvalue weighted by molar-refractivity contribution is -0.384. The number of anilines is 3. The Kier molecular flexibility index (Phi) is 6.08. The largest absolute Gasteiger partial charge is 0.478 e. The number of hydrogen-bond donors (Lipinski definition) is 3. The fourth-order valence-corrected chi connectivity index (χ4v) is 2.59. The molecule has 136 valence electrons. The molecule has 0 aliphatic heterocycles. The molecule has 0 aliphatic carbocycles. The number of aromatic carboxylic acids is 1. The Labute approximate surface area is 160 Å². The van der Waals surface area contributed by atoms with Gasteiger partial charge in [0.05, 0.1) is 21.9 Å². The zero-order chi connectivity index (χ0) is 19.4. The van der Waals surface area contributed by atoms with Crippen LogP contribution in [0.2, 0.25) is 0 Å². The van der Waals surface area contributed by atoms with E-state index in [-0.39, 0.29) is 12.2 Å². The van der Waals surface area contributed by atoms with E-state index in [9.17, 15) is 28.8 Å². The summed E-state index contributed by atoms with van der Waals surface area (Å²) in [6, 6.07) is 4.72. The molecule has 0 radical (unpaired) electrons. The molecule has 3 N–H and O–H groups in total. The normalized spacial score (nSPS) is 10.3. The summed E-state index contributed by atoms with van der Waals surface area (Å²) in [6.45, 7) is 3.42. The maximum absolute atomic E-state index is 14.9. The Hall–Kier alpha value is -2.76. The molecular weight excluding hydrogens is 463 g/mol. The molecule has 0 saturated heterocycles. The van der Waals surface area contributed by atoms with E-state index >= 15 is 0 Å². The van der Waals surface area contributed by atoms with Crippen LogP contribution in [0.5, 0.6) is 0 Å². The third kappa shape index (κ3) is 4.07. The van der Waals surface area contributed by atoms with Crippen LogP contribution < -0.4 is 10.6 Å². The van der Waals surface area contributed by atoms with Crippen LogP contribution in [0.1, 0.15) is 10.4 Å². The Morgan fingerprint density at radius 2 is 2.04 bits per heavy atom. The van der Waals surface area contributed by atoms with Crippen molar-refractivity contribution in [1.82, 2.24) is 0 Å². The molecule has 0 saturated carbocycles. The molecule has 0 fully saturated rings. The number of nitrogens with one attached hydrogen (secondary N) is 2. The number of nitrogens with zero attached hydrogens (tertiary/aromatic N) is 1. The minimum absolute atomic E-state index is 0.00150. The zero-order valence-electron chi connectivity index (χ0n) is 13.1. The van der Waals surface area contributed by atoms with Crippen molar-refractivity contribution in [2.45, 2.75) is 0 Å². The highest BCUT2D eigenvalue weighted by molar-refractivity contribution is 14.1. The van der Waals surface area contributed by atoms with Crippen molar-refractivity contribution in [2.24, 2.45) is 0 Å². The van der Waals surface area contributed by atoms with Crippen LogP contribution in [0.15, 0.2) is 36.9 Å². The first-order chi connectivity index (χ1) is 12.3. The summed E-state index contributed by atoms with van der Waals surface area (Å²) in [5.41, 5.74) is -2.73. The number of halogens is 3. The molecule has 0 heterocycles. The summed E-state index contributed by atoms with van der Waals surface area (Å²) < 4.78 is 29.5. The van der Waals surface area contributed by atoms with Gasteiger partial charge in [-0.1, -0.05) is 6.08 Å². The van der Waals surface area contributed by atoms with E-state index in [1.54, 1.807) is 0 Å². The molecule has 2 aromatic rings. The lowest BCUT2D eigenvalue weighted by Gasteiger charge is -2.15. The maximum atomic E-state index is 14.9. The summed E-state index contributed by atoms with van der Waals surface area (Å²) >= 11 is 1.88. The molecule has 0 aliphatic rings. The van der Waals surface area contributed by atoms with Crippen LogP contribution in [0, 0.1) is 25.3 Å². The quantitative estimate of drug-likeness (QED) is 0.236. The van der Waals surface area contributed by atoms with Crippen molar-refractivity contribution in [3.05, 3.63) is 67.8 Å². The highest BCUT2D eigenvalue weighted by Gasteiger charge is 2.28. The SMILES string of the molecule is C=CCNc1c([N+](=O)[O-])cc(C(=O)O)c(Nc2ccc(I)cc2F)c1F. The monoisotopic (exact) mass is 475 g/mol. The van der Waals surface area contributed by atoms with E-state index in [0.29, 0.717) is 9.64 Å². The molecule has 26 heavy (non-hydrogen) atoms. The average molecular weight is 475 g/mol. The van der Waals surface area contributed by atoms with Gasteiger partial charge in [0, 0.05) is 16.2 Å². The number of carboxylic acids is 1. The molecule has 0 unspecified atom stereocenters. The van der Waals surface area contributed by atoms with Crippen molar-refractivity contribution in [3.8, 4) is 0 Å². The van der Waals surface area contributed by atoms with Crippen molar-refractivity contribution in [3.63, 3.8) is 0 Å². The van der Waals surface area contributed by atoms with Gasteiger partial charge in [-0.3, -0.25) is 10.1 Å². The number of carbonyl (C=O) groups is 1. The summed E-state index contributed by atoms with van der Waals surface area (Å²) in [4.78, 5) is 21.7. The summed E-state index contributed by atoms with van der Waals surface area (Å²) in [5.74, 6) is -3.54. The van der Waals surface area contributed by atoms with Crippen LogP contribution in [0.25, 0.3) is 0 Å². The zero-order valence-corrected chi connectivity index (χ0v) is 15.2. The number of rotatable bonds is 7. The summed E-state index contributed by atoms with van der Waals surface area (Å²) in [6.07, 6.45) is 1.35. The number of hydrogen-bond acceptors (Lipinski definition) is 5. The lowest BCUT2D eigenvalue weighted by atomic mass is 10.1. The van der Waals surface area contributed by atoms with Crippen LogP contribution >= 0.6 is 22.6 Å². The first-order valence-electron chi connectivity index (χ1n) is 7.07.